The van der Waals surface area contributed by atoms with Crippen molar-refractivity contribution in [3.63, 3.8) is 0 Å². The summed E-state index contributed by atoms with van der Waals surface area (Å²) in [6.07, 6.45) is 1.25. The fourth-order valence-electron chi connectivity index (χ4n) is 2.89. The van der Waals surface area contributed by atoms with Crippen molar-refractivity contribution in [3.8, 4) is 0 Å². The van der Waals surface area contributed by atoms with Crippen molar-refractivity contribution in [1.29, 1.82) is 0 Å². The number of carbonyl (C=O) groups is 1. The lowest BCUT2D eigenvalue weighted by molar-refractivity contribution is -0.132. The molecule has 114 valence electrons. The molecule has 0 spiro atoms. The minimum Gasteiger partial charge on any atom is -0.338 e. The Morgan fingerprint density at radius 3 is 2.73 bits per heavy atom. The van der Waals surface area contributed by atoms with Crippen LogP contribution in [0.5, 0.6) is 0 Å². The van der Waals surface area contributed by atoms with Crippen LogP contribution in [0.25, 0.3) is 0 Å². The molecule has 0 radical (unpaired) electrons. The minimum atomic E-state index is -0.241. The molecule has 22 heavy (non-hydrogen) atoms. The number of hydrogen-bond donors (Lipinski definition) is 1. The maximum atomic E-state index is 12.5. The van der Waals surface area contributed by atoms with Gasteiger partial charge in [0.05, 0.1) is 0 Å². The zero-order chi connectivity index (χ0) is 15.5. The molecule has 2 aromatic rings. The van der Waals surface area contributed by atoms with E-state index in [9.17, 15) is 4.79 Å². The SMILES string of the molecule is NC(CC(=O)N1CCc2cccc(Br)c2C1)c1ccccc1. The number of nitrogens with two attached hydrogens (primary N) is 1. The molecule has 1 amide bonds. The lowest BCUT2D eigenvalue weighted by Crippen LogP contribution is -2.37. The Labute approximate surface area is 139 Å². The largest absolute Gasteiger partial charge is 0.338 e. The number of amides is 1. The van der Waals surface area contributed by atoms with E-state index in [1.54, 1.807) is 0 Å². The second-order valence-electron chi connectivity index (χ2n) is 5.66. The Balaban J connectivity index is 1.68. The van der Waals surface area contributed by atoms with Gasteiger partial charge in [0.15, 0.2) is 0 Å². The number of carbonyl (C=O) groups excluding carboxylic acids is 1. The number of hydrogen-bond acceptors (Lipinski definition) is 2. The first kappa shape index (κ1) is 15.3. The Hall–Kier alpha value is -1.65. The molecule has 1 aliphatic heterocycles. The molecule has 0 aromatic heterocycles. The lowest BCUT2D eigenvalue weighted by Gasteiger charge is -2.30. The third-order valence-corrected chi connectivity index (χ3v) is 4.93. The quantitative estimate of drug-likeness (QED) is 0.913. The summed E-state index contributed by atoms with van der Waals surface area (Å²) in [5.74, 6) is 0.123. The minimum absolute atomic E-state index is 0.123. The summed E-state index contributed by atoms with van der Waals surface area (Å²) in [6.45, 7) is 1.43. The van der Waals surface area contributed by atoms with E-state index in [0.717, 1.165) is 23.0 Å². The molecular formula is C18H19BrN2O. The van der Waals surface area contributed by atoms with E-state index >= 15 is 0 Å². The maximum absolute atomic E-state index is 12.5. The van der Waals surface area contributed by atoms with Crippen molar-refractivity contribution in [2.45, 2.75) is 25.4 Å². The van der Waals surface area contributed by atoms with Crippen LogP contribution < -0.4 is 5.73 Å². The third kappa shape index (κ3) is 3.23. The van der Waals surface area contributed by atoms with Gasteiger partial charge in [-0.15, -0.1) is 0 Å². The predicted octanol–water partition coefficient (Wildman–Crippen LogP) is 3.42. The summed E-state index contributed by atoms with van der Waals surface area (Å²) < 4.78 is 1.08. The van der Waals surface area contributed by atoms with Crippen molar-refractivity contribution in [1.82, 2.24) is 4.90 Å². The molecule has 1 unspecified atom stereocenters. The Morgan fingerprint density at radius 2 is 1.95 bits per heavy atom. The van der Waals surface area contributed by atoms with Gasteiger partial charge in [-0.1, -0.05) is 58.4 Å². The summed E-state index contributed by atoms with van der Waals surface area (Å²) in [4.78, 5) is 14.4. The molecular weight excluding hydrogens is 340 g/mol. The highest BCUT2D eigenvalue weighted by Crippen LogP contribution is 2.27. The highest BCUT2D eigenvalue weighted by Gasteiger charge is 2.23. The average Bonchev–Trinajstić information content (AvgIpc) is 2.55. The van der Waals surface area contributed by atoms with Gasteiger partial charge in [-0.05, 0) is 29.2 Å². The second kappa shape index (κ2) is 6.63. The van der Waals surface area contributed by atoms with Crippen molar-refractivity contribution in [2.24, 2.45) is 5.73 Å². The number of fused-ring (bicyclic) bond motifs is 1. The van der Waals surface area contributed by atoms with Gasteiger partial charge in [-0.3, -0.25) is 4.79 Å². The van der Waals surface area contributed by atoms with Crippen LogP contribution in [0.1, 0.15) is 29.2 Å². The topological polar surface area (TPSA) is 46.3 Å². The molecule has 2 aromatic carbocycles. The van der Waals surface area contributed by atoms with Gasteiger partial charge in [0.25, 0.3) is 0 Å². The van der Waals surface area contributed by atoms with Crippen molar-refractivity contribution < 1.29 is 4.79 Å². The lowest BCUT2D eigenvalue weighted by atomic mass is 9.98. The van der Waals surface area contributed by atoms with Crippen LogP contribution in [0.15, 0.2) is 53.0 Å². The number of rotatable bonds is 3. The van der Waals surface area contributed by atoms with E-state index in [-0.39, 0.29) is 11.9 Å². The summed E-state index contributed by atoms with van der Waals surface area (Å²) in [7, 11) is 0. The molecule has 3 rings (SSSR count). The molecule has 0 fully saturated rings. The summed E-state index contributed by atoms with van der Waals surface area (Å²) >= 11 is 3.58. The molecule has 0 bridgehead atoms. The number of nitrogens with zero attached hydrogens (tertiary/aromatic N) is 1. The summed E-state index contributed by atoms with van der Waals surface area (Å²) in [5, 5.41) is 0. The average molecular weight is 359 g/mol. The highest BCUT2D eigenvalue weighted by molar-refractivity contribution is 9.10. The van der Waals surface area contributed by atoms with Crippen LogP contribution in [-0.4, -0.2) is 17.4 Å². The van der Waals surface area contributed by atoms with E-state index in [1.807, 2.05) is 47.4 Å². The highest BCUT2D eigenvalue weighted by atomic mass is 79.9. The first-order valence-corrected chi connectivity index (χ1v) is 8.29. The predicted molar refractivity (Wildman–Crippen MR) is 91.3 cm³/mol. The van der Waals surface area contributed by atoms with E-state index in [1.165, 1.54) is 11.1 Å². The molecule has 1 heterocycles. The van der Waals surface area contributed by atoms with E-state index < -0.39 is 0 Å². The number of halogens is 1. The zero-order valence-corrected chi connectivity index (χ0v) is 13.9. The molecule has 1 aliphatic rings. The second-order valence-corrected chi connectivity index (χ2v) is 6.52. The zero-order valence-electron chi connectivity index (χ0n) is 12.3. The van der Waals surface area contributed by atoms with Gasteiger partial charge in [-0.25, -0.2) is 0 Å². The molecule has 1 atom stereocenters. The van der Waals surface area contributed by atoms with E-state index in [2.05, 4.69) is 22.0 Å². The normalized spacial score (nSPS) is 15.3. The van der Waals surface area contributed by atoms with Crippen LogP contribution >= 0.6 is 15.9 Å². The number of benzene rings is 2. The molecule has 0 saturated carbocycles. The van der Waals surface area contributed by atoms with Crippen molar-refractivity contribution >= 4 is 21.8 Å². The first-order valence-electron chi connectivity index (χ1n) is 7.49. The van der Waals surface area contributed by atoms with Gasteiger partial charge >= 0.3 is 0 Å². The molecule has 0 aliphatic carbocycles. The van der Waals surface area contributed by atoms with Gasteiger partial charge in [0.2, 0.25) is 5.91 Å². The molecule has 4 heteroatoms. The molecule has 2 N–H and O–H groups in total. The fourth-order valence-corrected chi connectivity index (χ4v) is 3.42. The Bertz CT molecular complexity index is 672. The van der Waals surface area contributed by atoms with E-state index in [4.69, 9.17) is 5.73 Å². The fraction of sp³-hybridized carbons (Fsp3) is 0.278. The summed E-state index contributed by atoms with van der Waals surface area (Å²) in [6, 6.07) is 15.8. The van der Waals surface area contributed by atoms with Gasteiger partial charge in [0.1, 0.15) is 0 Å². The van der Waals surface area contributed by atoms with Crippen LogP contribution in [0.4, 0.5) is 0 Å². The van der Waals surface area contributed by atoms with Crippen molar-refractivity contribution in [3.05, 3.63) is 69.7 Å². The first-order chi connectivity index (χ1) is 10.6. The maximum Gasteiger partial charge on any atom is 0.224 e. The van der Waals surface area contributed by atoms with E-state index in [0.29, 0.717) is 13.0 Å². The van der Waals surface area contributed by atoms with Crippen LogP contribution in [-0.2, 0) is 17.8 Å². The van der Waals surface area contributed by atoms with Crippen molar-refractivity contribution in [2.75, 3.05) is 6.54 Å². The van der Waals surface area contributed by atoms with Crippen LogP contribution in [0, 0.1) is 0 Å². The molecule has 3 nitrogen and oxygen atoms in total. The summed E-state index contributed by atoms with van der Waals surface area (Å²) in [5.41, 5.74) is 9.72. The Morgan fingerprint density at radius 1 is 1.18 bits per heavy atom. The van der Waals surface area contributed by atoms with Gasteiger partial charge in [0, 0.05) is 30.0 Å². The molecule has 0 saturated heterocycles. The van der Waals surface area contributed by atoms with Gasteiger partial charge in [-0.2, -0.15) is 0 Å². The van der Waals surface area contributed by atoms with Gasteiger partial charge < -0.3 is 10.6 Å². The third-order valence-electron chi connectivity index (χ3n) is 4.19. The van der Waals surface area contributed by atoms with Crippen LogP contribution in [0.3, 0.4) is 0 Å². The Kier molecular flexibility index (Phi) is 4.60. The van der Waals surface area contributed by atoms with Crippen LogP contribution in [0.2, 0.25) is 0 Å². The smallest absolute Gasteiger partial charge is 0.224 e. The monoisotopic (exact) mass is 358 g/mol. The standard InChI is InChI=1S/C18H19BrN2O/c19-16-8-4-7-13-9-10-21(12-15(13)16)18(22)11-17(20)14-5-2-1-3-6-14/h1-8,17H,9-12,20H2.